The van der Waals surface area contributed by atoms with Gasteiger partial charge in [-0.15, -0.1) is 24.0 Å². The number of fused-ring (bicyclic) bond motifs is 1. The monoisotopic (exact) mass is 493 g/mol. The molecule has 0 radical (unpaired) electrons. The second-order valence-electron chi connectivity index (χ2n) is 6.25. The largest absolute Gasteiger partial charge is 0.497 e. The van der Waals surface area contributed by atoms with Gasteiger partial charge < -0.3 is 19.9 Å². The molecule has 28 heavy (non-hydrogen) atoms. The average Bonchev–Trinajstić information content (AvgIpc) is 3.13. The highest BCUT2D eigenvalue weighted by Crippen LogP contribution is 2.12. The topological polar surface area (TPSA) is 63.5 Å². The Bertz CT molecular complexity index is 876. The van der Waals surface area contributed by atoms with Crippen LogP contribution in [0.25, 0.3) is 11.0 Å². The van der Waals surface area contributed by atoms with Gasteiger partial charge in [-0.3, -0.25) is 0 Å². The Kier molecular flexibility index (Phi) is 9.06. The van der Waals surface area contributed by atoms with Crippen molar-refractivity contribution in [2.75, 3.05) is 20.2 Å². The Morgan fingerprint density at radius 3 is 2.64 bits per heavy atom. The molecule has 3 aromatic rings. The van der Waals surface area contributed by atoms with Crippen molar-refractivity contribution in [3.8, 4) is 5.75 Å². The van der Waals surface area contributed by atoms with Crippen molar-refractivity contribution in [2.24, 2.45) is 4.99 Å². The molecule has 0 saturated heterocycles. The Labute approximate surface area is 183 Å². The van der Waals surface area contributed by atoms with Gasteiger partial charge in [0.15, 0.2) is 5.96 Å². The number of methoxy groups -OCH3 is 1. The number of aromatic nitrogens is 2. The summed E-state index contributed by atoms with van der Waals surface area (Å²) in [6.07, 6.45) is 2.90. The molecular formula is C21H28IN5O. The minimum atomic E-state index is 0. The summed E-state index contributed by atoms with van der Waals surface area (Å²) in [7, 11) is 1.67. The van der Waals surface area contributed by atoms with Gasteiger partial charge in [-0.2, -0.15) is 0 Å². The molecule has 0 aliphatic heterocycles. The highest BCUT2D eigenvalue weighted by Gasteiger charge is 2.02. The summed E-state index contributed by atoms with van der Waals surface area (Å²) in [6.45, 7) is 5.31. The predicted molar refractivity (Wildman–Crippen MR) is 126 cm³/mol. The number of nitrogens with zero attached hydrogens (tertiary/aromatic N) is 3. The van der Waals surface area contributed by atoms with Crippen LogP contribution in [0.15, 0.2) is 59.9 Å². The first-order chi connectivity index (χ1) is 13.3. The quantitative estimate of drug-likeness (QED) is 0.217. The SMILES string of the molecule is CCNC(=NCc1ccc(OC)cc1)NCCCn1cnc2ccccc21.I. The molecule has 1 heterocycles. The lowest BCUT2D eigenvalue weighted by Gasteiger charge is -2.12. The number of aliphatic imine (C=N–C) groups is 1. The fraction of sp³-hybridized carbons (Fsp3) is 0.333. The third-order valence-corrected chi connectivity index (χ3v) is 4.32. The van der Waals surface area contributed by atoms with Crippen LogP contribution in [-0.2, 0) is 13.1 Å². The van der Waals surface area contributed by atoms with Crippen molar-refractivity contribution in [1.29, 1.82) is 0 Å². The molecule has 0 spiro atoms. The molecule has 3 rings (SSSR count). The number of hydrogen-bond donors (Lipinski definition) is 2. The second kappa shape index (κ2) is 11.5. The van der Waals surface area contributed by atoms with Gasteiger partial charge in [0.25, 0.3) is 0 Å². The van der Waals surface area contributed by atoms with Crippen molar-refractivity contribution >= 4 is 41.0 Å². The lowest BCUT2D eigenvalue weighted by atomic mass is 10.2. The fourth-order valence-electron chi connectivity index (χ4n) is 2.89. The third-order valence-electron chi connectivity index (χ3n) is 4.32. The van der Waals surface area contributed by atoms with Gasteiger partial charge in [-0.05, 0) is 43.2 Å². The van der Waals surface area contributed by atoms with Crippen molar-refractivity contribution < 1.29 is 4.74 Å². The molecule has 1 aromatic heterocycles. The van der Waals surface area contributed by atoms with E-state index in [9.17, 15) is 0 Å². The molecule has 2 aromatic carbocycles. The highest BCUT2D eigenvalue weighted by molar-refractivity contribution is 14.0. The van der Waals surface area contributed by atoms with Crippen LogP contribution in [0.1, 0.15) is 18.9 Å². The molecule has 0 aliphatic rings. The maximum absolute atomic E-state index is 5.19. The molecule has 0 saturated carbocycles. The van der Waals surface area contributed by atoms with Crippen LogP contribution in [0.4, 0.5) is 0 Å². The number of hydrogen-bond acceptors (Lipinski definition) is 3. The molecule has 0 fully saturated rings. The number of rotatable bonds is 8. The minimum Gasteiger partial charge on any atom is -0.497 e. The molecule has 7 heteroatoms. The number of nitrogens with one attached hydrogen (secondary N) is 2. The van der Waals surface area contributed by atoms with Gasteiger partial charge in [-0.1, -0.05) is 24.3 Å². The maximum Gasteiger partial charge on any atom is 0.191 e. The van der Waals surface area contributed by atoms with Crippen molar-refractivity contribution in [3.05, 3.63) is 60.4 Å². The number of imidazole rings is 1. The summed E-state index contributed by atoms with van der Waals surface area (Å²) < 4.78 is 7.38. The zero-order valence-electron chi connectivity index (χ0n) is 16.4. The van der Waals surface area contributed by atoms with Gasteiger partial charge in [-0.25, -0.2) is 9.98 Å². The molecule has 6 nitrogen and oxygen atoms in total. The van der Waals surface area contributed by atoms with Crippen molar-refractivity contribution in [1.82, 2.24) is 20.2 Å². The Morgan fingerprint density at radius 1 is 1.11 bits per heavy atom. The Hall–Kier alpha value is -2.29. The van der Waals surface area contributed by atoms with E-state index in [0.717, 1.165) is 48.8 Å². The second-order valence-corrected chi connectivity index (χ2v) is 6.25. The van der Waals surface area contributed by atoms with Gasteiger partial charge in [0.1, 0.15) is 5.75 Å². The zero-order valence-corrected chi connectivity index (χ0v) is 18.7. The number of ether oxygens (including phenoxy) is 1. The summed E-state index contributed by atoms with van der Waals surface area (Å²) in [4.78, 5) is 9.09. The number of para-hydroxylation sites is 2. The van der Waals surface area contributed by atoms with Crippen molar-refractivity contribution in [2.45, 2.75) is 26.4 Å². The molecule has 0 amide bonds. The summed E-state index contributed by atoms with van der Waals surface area (Å²) in [5.74, 6) is 1.70. The lowest BCUT2D eigenvalue weighted by molar-refractivity contribution is 0.414. The van der Waals surface area contributed by atoms with Crippen molar-refractivity contribution in [3.63, 3.8) is 0 Å². The van der Waals surface area contributed by atoms with E-state index >= 15 is 0 Å². The molecule has 2 N–H and O–H groups in total. The minimum absolute atomic E-state index is 0. The number of benzene rings is 2. The van der Waals surface area contributed by atoms with E-state index in [4.69, 9.17) is 4.74 Å². The summed E-state index contributed by atoms with van der Waals surface area (Å²) in [6, 6.07) is 16.2. The van der Waals surface area contributed by atoms with E-state index in [-0.39, 0.29) is 24.0 Å². The number of guanidine groups is 1. The standard InChI is InChI=1S/C21H27N5O.HI/c1-3-22-21(24-15-17-9-11-18(27-2)12-10-17)23-13-6-14-26-16-25-19-7-4-5-8-20(19)26;/h4-5,7-12,16H,3,6,13-15H2,1-2H3,(H2,22,23,24);1H. The molecular weight excluding hydrogens is 465 g/mol. The first-order valence-corrected chi connectivity index (χ1v) is 9.35. The first kappa shape index (κ1) is 22.0. The molecule has 0 bridgehead atoms. The van der Waals surface area contributed by atoms with Crippen LogP contribution in [0, 0.1) is 0 Å². The van der Waals surface area contributed by atoms with E-state index in [1.54, 1.807) is 7.11 Å². The van der Waals surface area contributed by atoms with E-state index < -0.39 is 0 Å². The lowest BCUT2D eigenvalue weighted by Crippen LogP contribution is -2.38. The zero-order chi connectivity index (χ0) is 18.9. The number of aryl methyl sites for hydroxylation is 1. The molecule has 0 aliphatic carbocycles. The third kappa shape index (κ3) is 6.12. The van der Waals surface area contributed by atoms with Gasteiger partial charge in [0.05, 0.1) is 31.0 Å². The van der Waals surface area contributed by atoms with Crippen LogP contribution in [-0.4, -0.2) is 35.7 Å². The highest BCUT2D eigenvalue weighted by atomic mass is 127. The summed E-state index contributed by atoms with van der Waals surface area (Å²) in [5, 5.41) is 6.70. The molecule has 0 unspecified atom stereocenters. The van der Waals surface area contributed by atoms with Gasteiger partial charge >= 0.3 is 0 Å². The van der Waals surface area contributed by atoms with Crippen LogP contribution in [0.5, 0.6) is 5.75 Å². The van der Waals surface area contributed by atoms with Crippen LogP contribution < -0.4 is 15.4 Å². The van der Waals surface area contributed by atoms with E-state index in [2.05, 4.69) is 38.2 Å². The Morgan fingerprint density at radius 2 is 1.89 bits per heavy atom. The van der Waals surface area contributed by atoms with E-state index in [1.807, 2.05) is 48.8 Å². The van der Waals surface area contributed by atoms with E-state index in [0.29, 0.717) is 6.54 Å². The first-order valence-electron chi connectivity index (χ1n) is 9.35. The van der Waals surface area contributed by atoms with Crippen LogP contribution in [0.3, 0.4) is 0 Å². The smallest absolute Gasteiger partial charge is 0.191 e. The number of halogens is 1. The predicted octanol–water partition coefficient (Wildman–Crippen LogP) is 3.81. The van der Waals surface area contributed by atoms with E-state index in [1.165, 1.54) is 5.52 Å². The normalized spacial score (nSPS) is 11.1. The maximum atomic E-state index is 5.19. The molecule has 150 valence electrons. The fourth-order valence-corrected chi connectivity index (χ4v) is 2.89. The summed E-state index contributed by atoms with van der Waals surface area (Å²) in [5.41, 5.74) is 3.37. The Balaban J connectivity index is 0.00000280. The summed E-state index contributed by atoms with van der Waals surface area (Å²) >= 11 is 0. The van der Waals surface area contributed by atoms with Gasteiger partial charge in [0.2, 0.25) is 0 Å². The van der Waals surface area contributed by atoms with Crippen LogP contribution >= 0.6 is 24.0 Å². The molecule has 0 atom stereocenters. The average molecular weight is 493 g/mol. The van der Waals surface area contributed by atoms with Gasteiger partial charge in [0, 0.05) is 19.6 Å². The van der Waals surface area contributed by atoms with Crippen LogP contribution in [0.2, 0.25) is 0 Å².